The highest BCUT2D eigenvalue weighted by molar-refractivity contribution is 7.85. The predicted octanol–water partition coefficient (Wildman–Crippen LogP) is -1.53. The third-order valence-electron chi connectivity index (χ3n) is 1.16. The van der Waals surface area contributed by atoms with E-state index < -0.39 is 23.0 Å². The first-order valence-corrected chi connectivity index (χ1v) is 3.90. The van der Waals surface area contributed by atoms with Crippen LogP contribution in [0.15, 0.2) is 0 Å². The number of aliphatic hydroxyl groups is 2. The number of hydrogen-bond acceptors (Lipinski definition) is 3. The summed E-state index contributed by atoms with van der Waals surface area (Å²) in [4.78, 5) is 0. The average Bonchev–Trinajstić information content (AvgIpc) is 1.85. The molecule has 1 aliphatic rings. The van der Waals surface area contributed by atoms with Crippen molar-refractivity contribution in [3.05, 3.63) is 0 Å². The van der Waals surface area contributed by atoms with Crippen LogP contribution in [0.4, 0.5) is 0 Å². The van der Waals surface area contributed by atoms with Gasteiger partial charge in [0, 0.05) is 10.8 Å². The zero-order valence-corrected chi connectivity index (χ0v) is 5.10. The summed E-state index contributed by atoms with van der Waals surface area (Å²) < 4.78 is 10.5. The van der Waals surface area contributed by atoms with E-state index in [4.69, 9.17) is 10.2 Å². The summed E-state index contributed by atoms with van der Waals surface area (Å²) in [6.45, 7) is 0. The number of aliphatic hydroxyl groups excluding tert-OH is 2. The van der Waals surface area contributed by atoms with Crippen molar-refractivity contribution < 1.29 is 14.4 Å². The first kappa shape index (κ1) is 6.19. The van der Waals surface area contributed by atoms with Gasteiger partial charge in [0.25, 0.3) is 0 Å². The molecule has 0 aromatic heterocycles. The van der Waals surface area contributed by atoms with Crippen LogP contribution in [-0.2, 0) is 10.8 Å². The van der Waals surface area contributed by atoms with E-state index in [1.165, 1.54) is 0 Å². The van der Waals surface area contributed by atoms with Crippen LogP contribution in [0.1, 0.15) is 0 Å². The minimum absolute atomic E-state index is 0.237. The maximum atomic E-state index is 10.5. The van der Waals surface area contributed by atoms with Crippen LogP contribution >= 0.6 is 0 Å². The van der Waals surface area contributed by atoms with Crippen molar-refractivity contribution in [2.75, 3.05) is 11.5 Å². The molecule has 0 radical (unpaired) electrons. The SMILES string of the molecule is O=S1C[C@@H](O)[C@H](O)C1. The second-order valence-corrected chi connectivity index (χ2v) is 3.45. The minimum Gasteiger partial charge on any atom is -0.389 e. The molecule has 1 rings (SSSR count). The van der Waals surface area contributed by atoms with Crippen LogP contribution in [0.5, 0.6) is 0 Å². The molecule has 0 bridgehead atoms. The van der Waals surface area contributed by atoms with Gasteiger partial charge in [0.05, 0.1) is 23.7 Å². The smallest absolute Gasteiger partial charge is 0.0923 e. The van der Waals surface area contributed by atoms with Crippen molar-refractivity contribution in [2.45, 2.75) is 12.2 Å². The lowest BCUT2D eigenvalue weighted by atomic mass is 10.3. The molecule has 1 aliphatic heterocycles. The highest BCUT2D eigenvalue weighted by atomic mass is 32.2. The predicted molar refractivity (Wildman–Crippen MR) is 29.9 cm³/mol. The van der Waals surface area contributed by atoms with Crippen LogP contribution < -0.4 is 0 Å². The molecule has 1 fully saturated rings. The van der Waals surface area contributed by atoms with Gasteiger partial charge in [-0.3, -0.25) is 4.21 Å². The number of rotatable bonds is 0. The van der Waals surface area contributed by atoms with Gasteiger partial charge in [-0.15, -0.1) is 0 Å². The van der Waals surface area contributed by atoms with Gasteiger partial charge >= 0.3 is 0 Å². The molecule has 48 valence electrons. The third-order valence-corrected chi connectivity index (χ3v) is 2.58. The summed E-state index contributed by atoms with van der Waals surface area (Å²) in [7, 11) is -0.983. The van der Waals surface area contributed by atoms with Crippen molar-refractivity contribution in [3.8, 4) is 0 Å². The van der Waals surface area contributed by atoms with E-state index in [0.717, 1.165) is 0 Å². The Morgan fingerprint density at radius 1 is 1.25 bits per heavy atom. The van der Waals surface area contributed by atoms with Crippen molar-refractivity contribution in [2.24, 2.45) is 0 Å². The Morgan fingerprint density at radius 3 is 1.75 bits per heavy atom. The Kier molecular flexibility index (Phi) is 1.65. The van der Waals surface area contributed by atoms with Gasteiger partial charge in [0.15, 0.2) is 0 Å². The summed E-state index contributed by atoms with van der Waals surface area (Å²) in [5, 5.41) is 17.5. The van der Waals surface area contributed by atoms with Gasteiger partial charge in [-0.05, 0) is 0 Å². The van der Waals surface area contributed by atoms with Crippen LogP contribution in [0.2, 0.25) is 0 Å². The van der Waals surface area contributed by atoms with Crippen LogP contribution in [0, 0.1) is 0 Å². The fraction of sp³-hybridized carbons (Fsp3) is 1.00. The molecule has 0 amide bonds. The first-order valence-electron chi connectivity index (χ1n) is 2.41. The molecule has 0 unspecified atom stereocenters. The molecule has 1 saturated heterocycles. The summed E-state index contributed by atoms with van der Waals surface area (Å²) in [5.74, 6) is 0.475. The van der Waals surface area contributed by atoms with Crippen molar-refractivity contribution in [3.63, 3.8) is 0 Å². The fourth-order valence-corrected chi connectivity index (χ4v) is 2.01. The molecule has 8 heavy (non-hydrogen) atoms. The van der Waals surface area contributed by atoms with E-state index >= 15 is 0 Å². The van der Waals surface area contributed by atoms with Crippen LogP contribution in [0.25, 0.3) is 0 Å². The molecule has 2 N–H and O–H groups in total. The lowest BCUT2D eigenvalue weighted by molar-refractivity contribution is 0.0572. The van der Waals surface area contributed by atoms with Gasteiger partial charge in [0.2, 0.25) is 0 Å². The normalized spacial score (nSPS) is 40.8. The number of hydrogen-bond donors (Lipinski definition) is 2. The topological polar surface area (TPSA) is 57.5 Å². The second kappa shape index (κ2) is 2.13. The zero-order chi connectivity index (χ0) is 6.15. The summed E-state index contributed by atoms with van der Waals surface area (Å²) in [5.41, 5.74) is 0. The first-order chi connectivity index (χ1) is 3.70. The lowest BCUT2D eigenvalue weighted by Gasteiger charge is -2.01. The molecule has 0 aliphatic carbocycles. The Balaban J connectivity index is 2.51. The molecule has 0 aromatic rings. The molecular formula is C4H8O3S. The molecule has 3 nitrogen and oxygen atoms in total. The Morgan fingerprint density at radius 2 is 1.62 bits per heavy atom. The largest absolute Gasteiger partial charge is 0.389 e. The fourth-order valence-electron chi connectivity index (χ4n) is 0.671. The quantitative estimate of drug-likeness (QED) is 0.425. The van der Waals surface area contributed by atoms with Crippen LogP contribution in [-0.4, -0.2) is 38.1 Å². The van der Waals surface area contributed by atoms with E-state index in [-0.39, 0.29) is 11.5 Å². The van der Waals surface area contributed by atoms with Gasteiger partial charge in [-0.2, -0.15) is 0 Å². The Bertz CT molecular complexity index is 102. The standard InChI is InChI=1S/C4H8O3S/c5-3-1-8(7)2-4(3)6/h3-6H,1-2H2/t3-,4-/m1/s1. The highest BCUT2D eigenvalue weighted by Gasteiger charge is 2.28. The van der Waals surface area contributed by atoms with Crippen molar-refractivity contribution >= 4 is 10.8 Å². The zero-order valence-electron chi connectivity index (χ0n) is 4.28. The highest BCUT2D eigenvalue weighted by Crippen LogP contribution is 2.07. The molecule has 0 aromatic carbocycles. The van der Waals surface area contributed by atoms with Crippen LogP contribution in [0.3, 0.4) is 0 Å². The monoisotopic (exact) mass is 136 g/mol. The van der Waals surface area contributed by atoms with E-state index in [1.54, 1.807) is 0 Å². The Hall–Kier alpha value is 0.0700. The molecular weight excluding hydrogens is 128 g/mol. The summed E-state index contributed by atoms with van der Waals surface area (Å²) >= 11 is 0. The summed E-state index contributed by atoms with van der Waals surface area (Å²) in [6, 6.07) is 0. The van der Waals surface area contributed by atoms with E-state index in [1.807, 2.05) is 0 Å². The molecule has 0 saturated carbocycles. The van der Waals surface area contributed by atoms with Gasteiger partial charge in [-0.25, -0.2) is 0 Å². The van der Waals surface area contributed by atoms with E-state index in [2.05, 4.69) is 0 Å². The molecule has 0 spiro atoms. The minimum atomic E-state index is -0.983. The summed E-state index contributed by atoms with van der Waals surface area (Å²) in [6.07, 6.45) is -1.51. The van der Waals surface area contributed by atoms with Gasteiger partial charge in [-0.1, -0.05) is 0 Å². The third kappa shape index (κ3) is 1.07. The van der Waals surface area contributed by atoms with E-state index in [0.29, 0.717) is 0 Å². The maximum absolute atomic E-state index is 10.5. The van der Waals surface area contributed by atoms with Crippen molar-refractivity contribution in [1.82, 2.24) is 0 Å². The second-order valence-electron chi connectivity index (χ2n) is 1.91. The van der Waals surface area contributed by atoms with E-state index in [9.17, 15) is 4.21 Å². The Labute approximate surface area is 49.8 Å². The van der Waals surface area contributed by atoms with Gasteiger partial charge < -0.3 is 10.2 Å². The molecule has 2 atom stereocenters. The molecule has 1 heterocycles. The average molecular weight is 136 g/mol. The van der Waals surface area contributed by atoms with Gasteiger partial charge in [0.1, 0.15) is 0 Å². The lowest BCUT2D eigenvalue weighted by Crippen LogP contribution is -2.22. The van der Waals surface area contributed by atoms with Crippen molar-refractivity contribution in [1.29, 1.82) is 0 Å². The molecule has 4 heteroatoms. The maximum Gasteiger partial charge on any atom is 0.0923 e.